The minimum atomic E-state index is 0.726. The maximum atomic E-state index is 6.14. The average molecular weight is 293 g/mol. The number of hydrogen-bond donors (Lipinski definition) is 1. The molecular formula is C16H21ClN2O. The molecule has 0 amide bonds. The van der Waals surface area contributed by atoms with Gasteiger partial charge in [-0.3, -0.25) is 0 Å². The maximum Gasteiger partial charge on any atom is 0.0645 e. The molecule has 1 heterocycles. The summed E-state index contributed by atoms with van der Waals surface area (Å²) >= 11 is 6.14. The zero-order chi connectivity index (χ0) is 13.9. The largest absolute Gasteiger partial charge is 0.380 e. The van der Waals surface area contributed by atoms with E-state index in [-0.39, 0.29) is 0 Å². The van der Waals surface area contributed by atoms with Crippen LogP contribution in [0.15, 0.2) is 24.4 Å². The topological polar surface area (TPSA) is 26.2 Å². The molecule has 1 fully saturated rings. The molecular weight excluding hydrogens is 272 g/mol. The Morgan fingerprint density at radius 2 is 2.25 bits per heavy atom. The first kappa shape index (κ1) is 13.9. The smallest absolute Gasteiger partial charge is 0.0645 e. The Labute approximate surface area is 124 Å². The van der Waals surface area contributed by atoms with E-state index < -0.39 is 0 Å². The first-order chi connectivity index (χ1) is 9.78. The lowest BCUT2D eigenvalue weighted by Crippen LogP contribution is -2.15. The Hall–Kier alpha value is -1.03. The Balaban J connectivity index is 1.84. The van der Waals surface area contributed by atoms with Gasteiger partial charge in [-0.2, -0.15) is 0 Å². The van der Waals surface area contributed by atoms with Crippen molar-refractivity contribution in [2.24, 2.45) is 0 Å². The van der Waals surface area contributed by atoms with Gasteiger partial charge in [0.2, 0.25) is 0 Å². The van der Waals surface area contributed by atoms with Crippen molar-refractivity contribution in [2.45, 2.75) is 38.9 Å². The molecule has 20 heavy (non-hydrogen) atoms. The number of benzene rings is 1. The van der Waals surface area contributed by atoms with Crippen LogP contribution in [0.5, 0.6) is 0 Å². The van der Waals surface area contributed by atoms with E-state index in [0.29, 0.717) is 0 Å². The number of hydrogen-bond acceptors (Lipinski definition) is 2. The zero-order valence-corrected chi connectivity index (χ0v) is 12.6. The predicted octanol–water partition coefficient (Wildman–Crippen LogP) is 3.58. The zero-order valence-electron chi connectivity index (χ0n) is 11.9. The quantitative estimate of drug-likeness (QED) is 0.790. The SMILES string of the molecule is CCOCCn1cc(CNC2CC2)c2ccc(Cl)cc21. The summed E-state index contributed by atoms with van der Waals surface area (Å²) < 4.78 is 7.72. The summed E-state index contributed by atoms with van der Waals surface area (Å²) in [5.74, 6) is 0. The van der Waals surface area contributed by atoms with Crippen molar-refractivity contribution >= 4 is 22.5 Å². The van der Waals surface area contributed by atoms with Gasteiger partial charge in [0.05, 0.1) is 6.61 Å². The van der Waals surface area contributed by atoms with Gasteiger partial charge in [-0.05, 0) is 37.5 Å². The van der Waals surface area contributed by atoms with Crippen molar-refractivity contribution in [3.05, 3.63) is 35.0 Å². The molecule has 1 N–H and O–H groups in total. The van der Waals surface area contributed by atoms with E-state index in [0.717, 1.165) is 37.4 Å². The third kappa shape index (κ3) is 3.17. The van der Waals surface area contributed by atoms with Crippen LogP contribution < -0.4 is 5.32 Å². The molecule has 0 bridgehead atoms. The third-order valence-electron chi connectivity index (χ3n) is 3.77. The number of halogens is 1. The normalized spacial score (nSPS) is 15.1. The van der Waals surface area contributed by atoms with E-state index in [9.17, 15) is 0 Å². The molecule has 4 heteroatoms. The number of nitrogens with zero attached hydrogens (tertiary/aromatic N) is 1. The average Bonchev–Trinajstić information content (AvgIpc) is 3.21. The highest BCUT2D eigenvalue weighted by Crippen LogP contribution is 2.26. The molecule has 1 aliphatic rings. The van der Waals surface area contributed by atoms with Gasteiger partial charge in [-0.15, -0.1) is 0 Å². The standard InChI is InChI=1S/C16H21ClN2O/c1-2-20-8-7-19-11-12(10-18-14-4-5-14)15-6-3-13(17)9-16(15)19/h3,6,9,11,14,18H,2,4-5,7-8,10H2,1H3. The van der Waals surface area contributed by atoms with E-state index in [1.807, 2.05) is 19.1 Å². The molecule has 1 aromatic heterocycles. The highest BCUT2D eigenvalue weighted by molar-refractivity contribution is 6.31. The molecule has 0 radical (unpaired) electrons. The van der Waals surface area contributed by atoms with Gasteiger partial charge in [0.1, 0.15) is 0 Å². The lowest BCUT2D eigenvalue weighted by molar-refractivity contribution is 0.140. The molecule has 3 nitrogen and oxygen atoms in total. The minimum absolute atomic E-state index is 0.726. The van der Waals surface area contributed by atoms with Gasteiger partial charge in [0, 0.05) is 47.9 Å². The number of rotatable bonds is 7. The van der Waals surface area contributed by atoms with Crippen LogP contribution in [-0.2, 0) is 17.8 Å². The summed E-state index contributed by atoms with van der Waals surface area (Å²) in [6.07, 6.45) is 4.86. The van der Waals surface area contributed by atoms with Crippen LogP contribution in [0.4, 0.5) is 0 Å². The molecule has 1 aliphatic carbocycles. The lowest BCUT2D eigenvalue weighted by Gasteiger charge is -2.05. The van der Waals surface area contributed by atoms with Crippen molar-refractivity contribution in [3.8, 4) is 0 Å². The van der Waals surface area contributed by atoms with Crippen LogP contribution in [-0.4, -0.2) is 23.8 Å². The van der Waals surface area contributed by atoms with Crippen molar-refractivity contribution in [1.29, 1.82) is 0 Å². The Kier molecular flexibility index (Phi) is 4.29. The van der Waals surface area contributed by atoms with Crippen molar-refractivity contribution < 1.29 is 4.74 Å². The van der Waals surface area contributed by atoms with Crippen LogP contribution >= 0.6 is 11.6 Å². The summed E-state index contributed by atoms with van der Waals surface area (Å²) in [5, 5.41) is 5.66. The second-order valence-corrected chi connectivity index (χ2v) is 5.80. The molecule has 0 saturated heterocycles. The molecule has 0 atom stereocenters. The van der Waals surface area contributed by atoms with Gasteiger partial charge in [-0.25, -0.2) is 0 Å². The summed E-state index contributed by atoms with van der Waals surface area (Å²) in [6.45, 7) is 5.33. The summed E-state index contributed by atoms with van der Waals surface area (Å²) in [7, 11) is 0. The van der Waals surface area contributed by atoms with Gasteiger partial charge in [0.25, 0.3) is 0 Å². The lowest BCUT2D eigenvalue weighted by atomic mass is 10.2. The van der Waals surface area contributed by atoms with Gasteiger partial charge in [-0.1, -0.05) is 17.7 Å². The van der Waals surface area contributed by atoms with Crippen LogP contribution in [0, 0.1) is 0 Å². The summed E-state index contributed by atoms with van der Waals surface area (Å²) in [5.41, 5.74) is 2.55. The summed E-state index contributed by atoms with van der Waals surface area (Å²) in [4.78, 5) is 0. The van der Waals surface area contributed by atoms with E-state index in [1.54, 1.807) is 0 Å². The summed E-state index contributed by atoms with van der Waals surface area (Å²) in [6, 6.07) is 6.86. The van der Waals surface area contributed by atoms with Gasteiger partial charge in [0.15, 0.2) is 0 Å². The molecule has 0 spiro atoms. The number of nitrogens with one attached hydrogen (secondary N) is 1. The molecule has 108 valence electrons. The highest BCUT2D eigenvalue weighted by Gasteiger charge is 2.20. The van der Waals surface area contributed by atoms with Crippen LogP contribution in [0.2, 0.25) is 5.02 Å². The van der Waals surface area contributed by atoms with Crippen molar-refractivity contribution in [2.75, 3.05) is 13.2 Å². The molecule has 0 unspecified atom stereocenters. The highest BCUT2D eigenvalue weighted by atomic mass is 35.5. The fourth-order valence-corrected chi connectivity index (χ4v) is 2.68. The van der Waals surface area contributed by atoms with Gasteiger partial charge >= 0.3 is 0 Å². The Bertz CT molecular complexity index is 589. The minimum Gasteiger partial charge on any atom is -0.380 e. The number of fused-ring (bicyclic) bond motifs is 1. The first-order valence-electron chi connectivity index (χ1n) is 7.36. The molecule has 2 aromatic rings. The second kappa shape index (κ2) is 6.17. The Morgan fingerprint density at radius 3 is 3.00 bits per heavy atom. The van der Waals surface area contributed by atoms with Crippen LogP contribution in [0.25, 0.3) is 10.9 Å². The fraction of sp³-hybridized carbons (Fsp3) is 0.500. The molecule has 1 saturated carbocycles. The first-order valence-corrected chi connectivity index (χ1v) is 7.74. The number of aromatic nitrogens is 1. The molecule has 0 aliphatic heterocycles. The van der Waals surface area contributed by atoms with Gasteiger partial charge < -0.3 is 14.6 Å². The molecule has 1 aromatic carbocycles. The van der Waals surface area contributed by atoms with E-state index >= 15 is 0 Å². The fourth-order valence-electron chi connectivity index (χ4n) is 2.52. The van der Waals surface area contributed by atoms with Crippen LogP contribution in [0.1, 0.15) is 25.3 Å². The molecule has 3 rings (SSSR count). The van der Waals surface area contributed by atoms with Crippen LogP contribution in [0.3, 0.4) is 0 Å². The van der Waals surface area contributed by atoms with E-state index in [1.165, 1.54) is 29.3 Å². The Morgan fingerprint density at radius 1 is 1.40 bits per heavy atom. The second-order valence-electron chi connectivity index (χ2n) is 5.36. The van der Waals surface area contributed by atoms with Crippen molar-refractivity contribution in [3.63, 3.8) is 0 Å². The van der Waals surface area contributed by atoms with E-state index in [2.05, 4.69) is 22.1 Å². The maximum absolute atomic E-state index is 6.14. The number of ether oxygens (including phenoxy) is 1. The third-order valence-corrected chi connectivity index (χ3v) is 4.00. The van der Waals surface area contributed by atoms with E-state index in [4.69, 9.17) is 16.3 Å². The monoisotopic (exact) mass is 292 g/mol. The van der Waals surface area contributed by atoms with Crippen molar-refractivity contribution in [1.82, 2.24) is 9.88 Å². The predicted molar refractivity (Wildman–Crippen MR) is 83.3 cm³/mol.